The number of imidazole rings is 1. The third-order valence-electron chi connectivity index (χ3n) is 5.84. The molecule has 5 aromatic rings. The van der Waals surface area contributed by atoms with Crippen molar-refractivity contribution in [2.24, 2.45) is 0 Å². The van der Waals surface area contributed by atoms with Gasteiger partial charge < -0.3 is 10.3 Å². The lowest BCUT2D eigenvalue weighted by Gasteiger charge is -2.15. The molecule has 0 aliphatic heterocycles. The fraction of sp³-hybridized carbons (Fsp3) is 0.143. The summed E-state index contributed by atoms with van der Waals surface area (Å²) in [6.07, 6.45) is 6.55. The molecule has 5 rings (SSSR count). The third kappa shape index (κ3) is 4.48. The smallest absolute Gasteiger partial charge is 0.181 e. The van der Waals surface area contributed by atoms with E-state index in [1.54, 1.807) is 18.7 Å². The van der Waals surface area contributed by atoms with Crippen molar-refractivity contribution in [1.82, 2.24) is 29.9 Å². The van der Waals surface area contributed by atoms with Gasteiger partial charge in [0.2, 0.25) is 0 Å². The molecule has 8 heteroatoms. The molecule has 0 fully saturated rings. The molecule has 0 saturated heterocycles. The van der Waals surface area contributed by atoms with Crippen molar-refractivity contribution >= 4 is 22.7 Å². The summed E-state index contributed by atoms with van der Waals surface area (Å²) < 4.78 is 0. The van der Waals surface area contributed by atoms with Gasteiger partial charge in [-0.3, -0.25) is 4.98 Å². The largest absolute Gasteiger partial charge is 0.341 e. The van der Waals surface area contributed by atoms with E-state index in [0.29, 0.717) is 17.2 Å². The zero-order valence-corrected chi connectivity index (χ0v) is 20.0. The summed E-state index contributed by atoms with van der Waals surface area (Å²) in [7, 11) is 0. The van der Waals surface area contributed by atoms with E-state index in [0.717, 1.165) is 39.2 Å². The third-order valence-corrected chi connectivity index (χ3v) is 5.84. The highest BCUT2D eigenvalue weighted by molar-refractivity contribution is 5.91. The molecular weight excluding hydrogens is 448 g/mol. The van der Waals surface area contributed by atoms with Crippen LogP contribution in [0.3, 0.4) is 0 Å². The molecule has 0 saturated carbocycles. The molecule has 0 aliphatic rings. The summed E-state index contributed by atoms with van der Waals surface area (Å²) in [6, 6.07) is 15.8. The maximum absolute atomic E-state index is 9.44. The second kappa shape index (κ2) is 9.28. The van der Waals surface area contributed by atoms with E-state index in [9.17, 15) is 5.26 Å². The van der Waals surface area contributed by atoms with Crippen molar-refractivity contribution in [1.29, 1.82) is 5.26 Å². The van der Waals surface area contributed by atoms with Gasteiger partial charge in [-0.15, -0.1) is 0 Å². The number of aryl methyl sites for hydroxylation is 1. The van der Waals surface area contributed by atoms with Crippen LogP contribution in [0.25, 0.3) is 22.4 Å². The number of pyridine rings is 2. The van der Waals surface area contributed by atoms with Crippen LogP contribution in [0.4, 0.5) is 11.5 Å². The molecule has 0 spiro atoms. The van der Waals surface area contributed by atoms with Gasteiger partial charge in [0, 0.05) is 29.1 Å². The lowest BCUT2D eigenvalue weighted by atomic mass is 9.85. The second-order valence-corrected chi connectivity index (χ2v) is 8.77. The summed E-state index contributed by atoms with van der Waals surface area (Å²) >= 11 is 0. The summed E-state index contributed by atoms with van der Waals surface area (Å²) in [5.74, 6) is 7.01. The predicted molar refractivity (Wildman–Crippen MR) is 138 cm³/mol. The summed E-state index contributed by atoms with van der Waals surface area (Å²) in [5, 5.41) is 12.8. The Labute approximate surface area is 208 Å². The normalized spacial score (nSPS) is 10.9. The van der Waals surface area contributed by atoms with Gasteiger partial charge in [-0.1, -0.05) is 24.0 Å². The minimum absolute atomic E-state index is 0.577. The molecule has 8 nitrogen and oxygen atoms in total. The highest BCUT2D eigenvalue weighted by Crippen LogP contribution is 2.31. The number of hydrogen-bond acceptors (Lipinski definition) is 7. The molecule has 36 heavy (non-hydrogen) atoms. The Hall–Kier alpha value is -5.08. The average Bonchev–Trinajstić information content (AvgIpc) is 3.39. The lowest BCUT2D eigenvalue weighted by Crippen LogP contribution is -2.13. The number of aromatic nitrogens is 6. The molecule has 0 amide bonds. The molecule has 0 radical (unpaired) electrons. The number of anilines is 2. The number of aromatic amines is 1. The van der Waals surface area contributed by atoms with E-state index in [4.69, 9.17) is 0 Å². The Balaban J connectivity index is 1.47. The fourth-order valence-corrected chi connectivity index (χ4v) is 3.72. The van der Waals surface area contributed by atoms with Crippen LogP contribution < -0.4 is 5.32 Å². The van der Waals surface area contributed by atoms with Crippen LogP contribution in [0.15, 0.2) is 67.5 Å². The van der Waals surface area contributed by atoms with Gasteiger partial charge in [0.1, 0.15) is 23.4 Å². The predicted octanol–water partition coefficient (Wildman–Crippen LogP) is 5.06. The molecule has 0 bridgehead atoms. The fourth-order valence-electron chi connectivity index (χ4n) is 3.72. The monoisotopic (exact) mass is 470 g/mol. The standard InChI is InChI=1S/C28H22N8/c1-18-23(13-20(14-31-18)10-9-19-6-4-7-21(12-19)28(2,3)15-29)36-26-22(8-5-11-30-26)24-25-27(34-16-32-24)35-17-33-25/h4-8,11-14,16-17H,1-3H3,(H,30,36)(H,32,33,34,35). The molecule has 0 unspecified atom stereocenters. The highest BCUT2D eigenvalue weighted by Gasteiger charge is 2.19. The highest BCUT2D eigenvalue weighted by atomic mass is 15.0. The van der Waals surface area contributed by atoms with Crippen LogP contribution in [-0.2, 0) is 5.41 Å². The van der Waals surface area contributed by atoms with Crippen molar-refractivity contribution in [3.05, 3.63) is 89.9 Å². The first-order valence-electron chi connectivity index (χ1n) is 11.3. The van der Waals surface area contributed by atoms with Crippen molar-refractivity contribution in [3.63, 3.8) is 0 Å². The average molecular weight is 471 g/mol. The molecule has 1 aromatic carbocycles. The maximum Gasteiger partial charge on any atom is 0.181 e. The number of fused-ring (bicyclic) bond motifs is 1. The molecule has 0 aliphatic carbocycles. The lowest BCUT2D eigenvalue weighted by molar-refractivity contribution is 0.686. The topological polar surface area (TPSA) is 116 Å². The number of nitrogens with one attached hydrogen (secondary N) is 2. The molecule has 174 valence electrons. The van der Waals surface area contributed by atoms with Crippen molar-refractivity contribution in [2.45, 2.75) is 26.2 Å². The number of hydrogen-bond donors (Lipinski definition) is 2. The number of nitriles is 1. The Morgan fingerprint density at radius 1 is 0.944 bits per heavy atom. The number of rotatable bonds is 4. The van der Waals surface area contributed by atoms with Crippen molar-refractivity contribution in [2.75, 3.05) is 5.32 Å². The van der Waals surface area contributed by atoms with Gasteiger partial charge >= 0.3 is 0 Å². The quantitative estimate of drug-likeness (QED) is 0.353. The van der Waals surface area contributed by atoms with Crippen LogP contribution in [0.1, 0.15) is 36.2 Å². The van der Waals surface area contributed by atoms with Crippen LogP contribution in [0, 0.1) is 30.1 Å². The van der Waals surface area contributed by atoms with E-state index in [2.05, 4.69) is 53.1 Å². The Kier molecular flexibility index (Phi) is 5.85. The summed E-state index contributed by atoms with van der Waals surface area (Å²) in [5.41, 5.74) is 6.38. The van der Waals surface area contributed by atoms with Crippen LogP contribution in [0.2, 0.25) is 0 Å². The van der Waals surface area contributed by atoms with Gasteiger partial charge in [0.05, 0.1) is 29.2 Å². The minimum Gasteiger partial charge on any atom is -0.341 e. The van der Waals surface area contributed by atoms with E-state index in [1.807, 2.05) is 63.2 Å². The maximum atomic E-state index is 9.44. The molecule has 4 heterocycles. The Morgan fingerprint density at radius 2 is 1.81 bits per heavy atom. The van der Waals surface area contributed by atoms with Gasteiger partial charge in [-0.2, -0.15) is 5.26 Å². The molecule has 2 N–H and O–H groups in total. The van der Waals surface area contributed by atoms with Crippen LogP contribution in [0.5, 0.6) is 0 Å². The second-order valence-electron chi connectivity index (χ2n) is 8.77. The van der Waals surface area contributed by atoms with Gasteiger partial charge in [-0.05, 0) is 56.7 Å². The number of H-pyrrole nitrogens is 1. The Morgan fingerprint density at radius 3 is 2.67 bits per heavy atom. The molecule has 0 atom stereocenters. The molecular formula is C28H22N8. The van der Waals surface area contributed by atoms with Crippen molar-refractivity contribution in [3.8, 4) is 29.2 Å². The van der Waals surface area contributed by atoms with Crippen LogP contribution in [-0.4, -0.2) is 29.9 Å². The van der Waals surface area contributed by atoms with Crippen LogP contribution >= 0.6 is 0 Å². The van der Waals surface area contributed by atoms with E-state index in [1.165, 1.54) is 6.33 Å². The number of benzene rings is 1. The summed E-state index contributed by atoms with van der Waals surface area (Å²) in [4.78, 5) is 25.1. The van der Waals surface area contributed by atoms with Crippen molar-refractivity contribution < 1.29 is 0 Å². The van der Waals surface area contributed by atoms with E-state index in [-0.39, 0.29) is 0 Å². The number of nitrogens with zero attached hydrogens (tertiary/aromatic N) is 6. The first kappa shape index (κ1) is 22.7. The molecule has 4 aromatic heterocycles. The zero-order valence-electron chi connectivity index (χ0n) is 20.0. The first-order chi connectivity index (χ1) is 17.4. The first-order valence-corrected chi connectivity index (χ1v) is 11.3. The van der Waals surface area contributed by atoms with E-state index < -0.39 is 5.41 Å². The van der Waals surface area contributed by atoms with Gasteiger partial charge in [-0.25, -0.2) is 19.9 Å². The Bertz CT molecular complexity index is 1680. The zero-order chi connectivity index (χ0) is 25.1. The van der Waals surface area contributed by atoms with Gasteiger partial charge in [0.15, 0.2) is 5.65 Å². The van der Waals surface area contributed by atoms with Gasteiger partial charge in [0.25, 0.3) is 0 Å². The summed E-state index contributed by atoms with van der Waals surface area (Å²) in [6.45, 7) is 5.71. The van der Waals surface area contributed by atoms with E-state index >= 15 is 0 Å². The SMILES string of the molecule is Cc1ncc(C#Cc2cccc(C(C)(C)C#N)c2)cc1Nc1ncccc1-c1ncnc2nc[nH]c12. The minimum atomic E-state index is -0.577.